The Balaban J connectivity index is 3.75. The molecule has 0 aliphatic carbocycles. The largest absolute Gasteiger partial charge is 0.381 e. The van der Waals surface area contributed by atoms with Crippen LogP contribution in [-0.2, 0) is 24.8 Å². The number of sulfonamides is 2. The van der Waals surface area contributed by atoms with Gasteiger partial charge in [0.05, 0.1) is 18.1 Å². The molecule has 0 bridgehead atoms. The van der Waals surface area contributed by atoms with E-state index in [-0.39, 0.29) is 31.1 Å². The first kappa shape index (κ1) is 15.8. The number of nitrogens with one attached hydrogen (secondary N) is 1. The van der Waals surface area contributed by atoms with E-state index >= 15 is 0 Å². The average Bonchev–Trinajstić information content (AvgIpc) is 2.11. The van der Waals surface area contributed by atoms with Gasteiger partial charge in [0.2, 0.25) is 20.0 Å². The van der Waals surface area contributed by atoms with Gasteiger partial charge in [-0.3, -0.25) is 0 Å². The molecule has 9 heteroatoms. The highest BCUT2D eigenvalue weighted by molar-refractivity contribution is 7.89. The van der Waals surface area contributed by atoms with Gasteiger partial charge in [-0.2, -0.15) is 0 Å². The highest BCUT2D eigenvalue weighted by atomic mass is 32.2. The highest BCUT2D eigenvalue weighted by Crippen LogP contribution is 1.89. The third kappa shape index (κ3) is 10.3. The van der Waals surface area contributed by atoms with Crippen molar-refractivity contribution in [3.8, 4) is 0 Å². The summed E-state index contributed by atoms with van der Waals surface area (Å²) in [5, 5.41) is 4.76. The summed E-state index contributed by atoms with van der Waals surface area (Å²) in [5.41, 5.74) is 0. The van der Waals surface area contributed by atoms with Gasteiger partial charge in [-0.05, 0) is 13.3 Å². The lowest BCUT2D eigenvalue weighted by Crippen LogP contribution is -2.30. The molecular weight excluding hydrogens is 256 g/mol. The molecule has 0 aliphatic heterocycles. The van der Waals surface area contributed by atoms with Gasteiger partial charge < -0.3 is 4.74 Å². The van der Waals surface area contributed by atoms with Gasteiger partial charge in [0.1, 0.15) is 0 Å². The Hall–Kier alpha value is -0.220. The van der Waals surface area contributed by atoms with Crippen LogP contribution in [0.5, 0.6) is 0 Å². The molecule has 3 N–H and O–H groups in total. The Kier molecular flexibility index (Phi) is 7.07. The minimum atomic E-state index is -3.52. The van der Waals surface area contributed by atoms with Crippen LogP contribution in [0.15, 0.2) is 0 Å². The van der Waals surface area contributed by atoms with Crippen LogP contribution in [0.25, 0.3) is 0 Å². The molecule has 0 amide bonds. The van der Waals surface area contributed by atoms with E-state index in [1.807, 2.05) is 0 Å². The van der Waals surface area contributed by atoms with E-state index in [1.165, 1.54) is 0 Å². The fraction of sp³-hybridized carbons (Fsp3) is 1.00. The predicted molar refractivity (Wildman–Crippen MR) is 60.9 cm³/mol. The summed E-state index contributed by atoms with van der Waals surface area (Å²) < 4.78 is 50.8. The molecule has 7 nitrogen and oxygen atoms in total. The molecule has 0 rings (SSSR count). The van der Waals surface area contributed by atoms with Crippen molar-refractivity contribution in [2.75, 3.05) is 31.3 Å². The molecular formula is C7H18N2O5S2. The van der Waals surface area contributed by atoms with Crippen LogP contribution in [0.2, 0.25) is 0 Å². The second-order valence-electron chi connectivity index (χ2n) is 3.13. The summed E-state index contributed by atoms with van der Waals surface area (Å²) in [7, 11) is -6.90. The Morgan fingerprint density at radius 2 is 1.81 bits per heavy atom. The van der Waals surface area contributed by atoms with Crippen LogP contribution in [0.4, 0.5) is 0 Å². The van der Waals surface area contributed by atoms with E-state index in [9.17, 15) is 16.8 Å². The Bertz CT molecular complexity index is 376. The van der Waals surface area contributed by atoms with Crippen LogP contribution < -0.4 is 9.86 Å². The lowest BCUT2D eigenvalue weighted by molar-refractivity contribution is 0.163. The molecule has 0 saturated heterocycles. The van der Waals surface area contributed by atoms with Crippen molar-refractivity contribution in [1.82, 2.24) is 4.72 Å². The molecule has 0 radical (unpaired) electrons. The first-order valence-electron chi connectivity index (χ1n) is 4.82. The zero-order valence-electron chi connectivity index (χ0n) is 9.18. The fourth-order valence-corrected chi connectivity index (χ4v) is 2.37. The second-order valence-corrected chi connectivity index (χ2v) is 6.79. The normalized spacial score (nSPS) is 12.9. The van der Waals surface area contributed by atoms with E-state index in [1.54, 1.807) is 6.92 Å². The standard InChI is InChI=1S/C7H18N2O5S2/c1-2-14-5-7-16(12,13)9-4-3-6-15(8,10)11/h9H,2-7H2,1H3,(H2,8,10,11). The first-order valence-corrected chi connectivity index (χ1v) is 8.19. The van der Waals surface area contributed by atoms with E-state index < -0.39 is 20.0 Å². The number of hydrogen-bond acceptors (Lipinski definition) is 5. The molecule has 0 fully saturated rings. The summed E-state index contributed by atoms with van der Waals surface area (Å²) in [4.78, 5) is 0. The second kappa shape index (κ2) is 7.17. The first-order chi connectivity index (χ1) is 7.27. The maximum absolute atomic E-state index is 11.3. The van der Waals surface area contributed by atoms with Crippen molar-refractivity contribution in [3.63, 3.8) is 0 Å². The maximum atomic E-state index is 11.3. The number of primary sulfonamides is 1. The summed E-state index contributed by atoms with van der Waals surface area (Å²) in [5.74, 6) is -0.364. The summed E-state index contributed by atoms with van der Waals surface area (Å²) >= 11 is 0. The van der Waals surface area contributed by atoms with Crippen molar-refractivity contribution in [1.29, 1.82) is 0 Å². The molecule has 0 aliphatic rings. The smallest absolute Gasteiger partial charge is 0.213 e. The minimum absolute atomic E-state index is 0.0604. The number of hydrogen-bond donors (Lipinski definition) is 2. The molecule has 0 aromatic heterocycles. The van der Waals surface area contributed by atoms with E-state index in [0.29, 0.717) is 6.61 Å². The van der Waals surface area contributed by atoms with Crippen molar-refractivity contribution in [2.24, 2.45) is 5.14 Å². The van der Waals surface area contributed by atoms with E-state index in [4.69, 9.17) is 9.88 Å². The van der Waals surface area contributed by atoms with Crippen LogP contribution in [0, 0.1) is 0 Å². The van der Waals surface area contributed by atoms with Gasteiger partial charge in [0.15, 0.2) is 0 Å². The third-order valence-corrected chi connectivity index (χ3v) is 3.83. The molecule has 0 aromatic rings. The van der Waals surface area contributed by atoms with Crippen LogP contribution in [0.1, 0.15) is 13.3 Å². The third-order valence-electron chi connectivity index (χ3n) is 1.63. The molecule has 0 saturated carbocycles. The number of ether oxygens (including phenoxy) is 1. The molecule has 16 heavy (non-hydrogen) atoms. The van der Waals surface area contributed by atoms with E-state index in [0.717, 1.165) is 0 Å². The monoisotopic (exact) mass is 274 g/mol. The maximum Gasteiger partial charge on any atom is 0.213 e. The van der Waals surface area contributed by atoms with E-state index in [2.05, 4.69) is 4.72 Å². The fourth-order valence-electron chi connectivity index (χ4n) is 0.886. The highest BCUT2D eigenvalue weighted by Gasteiger charge is 2.10. The van der Waals surface area contributed by atoms with Crippen molar-refractivity contribution in [3.05, 3.63) is 0 Å². The Morgan fingerprint density at radius 1 is 1.19 bits per heavy atom. The molecule has 0 atom stereocenters. The summed E-state index contributed by atoms with van der Waals surface area (Å²) in [6.07, 6.45) is 0.159. The zero-order valence-corrected chi connectivity index (χ0v) is 10.8. The van der Waals surface area contributed by atoms with Gasteiger partial charge in [-0.15, -0.1) is 0 Å². The molecule has 0 spiro atoms. The molecule has 0 unspecified atom stereocenters. The lowest BCUT2D eigenvalue weighted by Gasteiger charge is -2.06. The molecule has 0 heterocycles. The Morgan fingerprint density at radius 3 is 2.31 bits per heavy atom. The van der Waals surface area contributed by atoms with Gasteiger partial charge >= 0.3 is 0 Å². The molecule has 98 valence electrons. The van der Waals surface area contributed by atoms with Crippen LogP contribution >= 0.6 is 0 Å². The summed E-state index contributed by atoms with van der Waals surface area (Å²) in [6, 6.07) is 0. The SMILES string of the molecule is CCOCCS(=O)(=O)NCCCS(N)(=O)=O. The Labute approximate surface area is 96.5 Å². The number of rotatable bonds is 9. The van der Waals surface area contributed by atoms with Gasteiger partial charge in [0, 0.05) is 13.2 Å². The number of nitrogens with two attached hydrogens (primary N) is 1. The minimum Gasteiger partial charge on any atom is -0.381 e. The quantitative estimate of drug-likeness (QED) is 0.503. The van der Waals surface area contributed by atoms with Crippen molar-refractivity contribution < 1.29 is 21.6 Å². The zero-order chi connectivity index (χ0) is 12.7. The lowest BCUT2D eigenvalue weighted by atomic mass is 10.5. The topological polar surface area (TPSA) is 116 Å². The van der Waals surface area contributed by atoms with Gasteiger partial charge in [-0.1, -0.05) is 0 Å². The van der Waals surface area contributed by atoms with Gasteiger partial charge in [0.25, 0.3) is 0 Å². The average molecular weight is 274 g/mol. The summed E-state index contributed by atoms with van der Waals surface area (Å²) in [6.45, 7) is 2.42. The van der Waals surface area contributed by atoms with Crippen LogP contribution in [-0.4, -0.2) is 48.1 Å². The van der Waals surface area contributed by atoms with Crippen molar-refractivity contribution in [2.45, 2.75) is 13.3 Å². The molecule has 0 aromatic carbocycles. The predicted octanol–water partition coefficient (Wildman–Crippen LogP) is -1.38. The van der Waals surface area contributed by atoms with Crippen molar-refractivity contribution >= 4 is 20.0 Å². The van der Waals surface area contributed by atoms with Gasteiger partial charge in [-0.25, -0.2) is 26.7 Å². The van der Waals surface area contributed by atoms with Crippen LogP contribution in [0.3, 0.4) is 0 Å².